The van der Waals surface area contributed by atoms with Crippen molar-refractivity contribution in [3.63, 3.8) is 0 Å². The lowest BCUT2D eigenvalue weighted by molar-refractivity contribution is -0.113. The number of fused-ring (bicyclic) bond motifs is 2. The van der Waals surface area contributed by atoms with Crippen molar-refractivity contribution in [3.8, 4) is 0 Å². The van der Waals surface area contributed by atoms with Crippen LogP contribution in [0, 0.1) is 0 Å². The lowest BCUT2D eigenvalue weighted by Gasteiger charge is -2.35. The van der Waals surface area contributed by atoms with Crippen LogP contribution in [0.25, 0.3) is 0 Å². The summed E-state index contributed by atoms with van der Waals surface area (Å²) in [5.41, 5.74) is 2.32. The van der Waals surface area contributed by atoms with Crippen LogP contribution in [-0.2, 0) is 4.79 Å². The summed E-state index contributed by atoms with van der Waals surface area (Å²) < 4.78 is 0. The Morgan fingerprint density at radius 3 is 2.72 bits per heavy atom. The second-order valence-electron chi connectivity index (χ2n) is 4.64. The first-order valence-electron chi connectivity index (χ1n) is 6.00. The van der Waals surface area contributed by atoms with Crippen LogP contribution in [0.15, 0.2) is 35.7 Å². The maximum absolute atomic E-state index is 12.4. The highest BCUT2D eigenvalue weighted by Gasteiger charge is 2.38. The van der Waals surface area contributed by atoms with Crippen LogP contribution in [0.5, 0.6) is 0 Å². The third-order valence-electron chi connectivity index (χ3n) is 3.59. The quantitative estimate of drug-likeness (QED) is 0.753. The van der Waals surface area contributed by atoms with Crippen LogP contribution >= 0.6 is 0 Å². The topological polar surface area (TPSA) is 40.6 Å². The molecule has 1 aromatic rings. The summed E-state index contributed by atoms with van der Waals surface area (Å²) in [4.78, 5) is 27.7. The maximum Gasteiger partial charge on any atom is 0.261 e. The Hall–Kier alpha value is -2.10. The Morgan fingerprint density at radius 1 is 1.28 bits per heavy atom. The standard InChI is InChI=1S/C14H14N2O2/c1-9(17)10-7-8-16-13(10)15(2)12-6-4-3-5-11(12)14(16)18/h3-6H,7-8H2,1-2H3. The van der Waals surface area contributed by atoms with E-state index in [9.17, 15) is 9.59 Å². The molecule has 1 aromatic carbocycles. The first-order valence-corrected chi connectivity index (χ1v) is 6.00. The molecule has 0 saturated carbocycles. The monoisotopic (exact) mass is 242 g/mol. The molecule has 0 bridgehead atoms. The Morgan fingerprint density at radius 2 is 2.00 bits per heavy atom. The van der Waals surface area contributed by atoms with Gasteiger partial charge in [-0.2, -0.15) is 0 Å². The molecule has 3 rings (SSSR count). The molecule has 0 unspecified atom stereocenters. The number of hydrogen-bond donors (Lipinski definition) is 0. The van der Waals surface area contributed by atoms with E-state index in [1.54, 1.807) is 11.8 Å². The minimum atomic E-state index is -0.00468. The molecule has 0 fully saturated rings. The normalized spacial score (nSPS) is 18.0. The first kappa shape index (κ1) is 11.0. The second kappa shape index (κ2) is 3.70. The van der Waals surface area contributed by atoms with Crippen molar-refractivity contribution in [3.05, 3.63) is 41.2 Å². The zero-order valence-electron chi connectivity index (χ0n) is 10.4. The molecule has 2 aliphatic heterocycles. The predicted octanol–water partition coefficient (Wildman–Crippen LogP) is 1.78. The minimum absolute atomic E-state index is 0.00468. The van der Waals surface area contributed by atoms with Crippen LogP contribution < -0.4 is 4.90 Å². The number of Topliss-reactive ketones (excluding diaryl/α,β-unsaturated/α-hetero) is 1. The molecule has 0 radical (unpaired) electrons. The zero-order valence-corrected chi connectivity index (χ0v) is 10.4. The molecular formula is C14H14N2O2. The molecule has 0 aliphatic carbocycles. The summed E-state index contributed by atoms with van der Waals surface area (Å²) in [6.45, 7) is 2.16. The number of benzene rings is 1. The molecule has 0 spiro atoms. The molecule has 18 heavy (non-hydrogen) atoms. The summed E-state index contributed by atoms with van der Waals surface area (Å²) in [6.07, 6.45) is 0.648. The van der Waals surface area contributed by atoms with E-state index in [2.05, 4.69) is 0 Å². The van der Waals surface area contributed by atoms with Crippen molar-refractivity contribution in [2.45, 2.75) is 13.3 Å². The molecule has 2 heterocycles. The van der Waals surface area contributed by atoms with Gasteiger partial charge in [-0.1, -0.05) is 12.1 Å². The van der Waals surface area contributed by atoms with E-state index in [0.717, 1.165) is 17.1 Å². The third kappa shape index (κ3) is 1.32. The van der Waals surface area contributed by atoms with Gasteiger partial charge in [0.05, 0.1) is 11.3 Å². The molecule has 0 atom stereocenters. The van der Waals surface area contributed by atoms with Crippen molar-refractivity contribution in [1.29, 1.82) is 0 Å². The maximum atomic E-state index is 12.4. The van der Waals surface area contributed by atoms with Crippen molar-refractivity contribution in [2.24, 2.45) is 0 Å². The Bertz CT molecular complexity index is 589. The summed E-state index contributed by atoms with van der Waals surface area (Å²) in [7, 11) is 1.90. The van der Waals surface area contributed by atoms with Gasteiger partial charge in [-0.3, -0.25) is 14.5 Å². The van der Waals surface area contributed by atoms with E-state index in [1.165, 1.54) is 0 Å². The van der Waals surface area contributed by atoms with Crippen LogP contribution in [-0.4, -0.2) is 30.2 Å². The van der Waals surface area contributed by atoms with Crippen LogP contribution in [0.4, 0.5) is 5.69 Å². The van der Waals surface area contributed by atoms with Crippen molar-refractivity contribution in [2.75, 3.05) is 18.5 Å². The van der Waals surface area contributed by atoms with Gasteiger partial charge < -0.3 is 4.90 Å². The molecule has 0 N–H and O–H groups in total. The number of amides is 1. The highest BCUT2D eigenvalue weighted by molar-refractivity contribution is 6.06. The lowest BCUT2D eigenvalue weighted by Crippen LogP contribution is -2.41. The molecule has 0 saturated heterocycles. The smallest absolute Gasteiger partial charge is 0.261 e. The first-order chi connectivity index (χ1) is 8.61. The van der Waals surface area contributed by atoms with Gasteiger partial charge in [-0.05, 0) is 25.5 Å². The van der Waals surface area contributed by atoms with Crippen LogP contribution in [0.3, 0.4) is 0 Å². The highest BCUT2D eigenvalue weighted by atomic mass is 16.2. The largest absolute Gasteiger partial charge is 0.330 e. The van der Waals surface area contributed by atoms with Gasteiger partial charge in [0.15, 0.2) is 5.78 Å². The fraction of sp³-hybridized carbons (Fsp3) is 0.286. The zero-order chi connectivity index (χ0) is 12.9. The van der Waals surface area contributed by atoms with Crippen LogP contribution in [0.1, 0.15) is 23.7 Å². The summed E-state index contributed by atoms with van der Waals surface area (Å²) in [5.74, 6) is 0.799. The summed E-state index contributed by atoms with van der Waals surface area (Å²) in [5, 5.41) is 0. The van der Waals surface area contributed by atoms with Gasteiger partial charge in [-0.15, -0.1) is 0 Å². The molecular weight excluding hydrogens is 228 g/mol. The molecule has 2 aliphatic rings. The minimum Gasteiger partial charge on any atom is -0.330 e. The molecule has 92 valence electrons. The number of carbonyl (C=O) groups excluding carboxylic acids is 2. The predicted molar refractivity (Wildman–Crippen MR) is 68.2 cm³/mol. The van der Waals surface area contributed by atoms with E-state index in [-0.39, 0.29) is 11.7 Å². The van der Waals surface area contributed by atoms with Gasteiger partial charge in [0.25, 0.3) is 5.91 Å². The summed E-state index contributed by atoms with van der Waals surface area (Å²) >= 11 is 0. The molecule has 1 amide bonds. The van der Waals surface area contributed by atoms with E-state index in [4.69, 9.17) is 0 Å². The number of hydrogen-bond acceptors (Lipinski definition) is 3. The fourth-order valence-corrected chi connectivity index (χ4v) is 2.73. The number of anilines is 1. The molecule has 0 aromatic heterocycles. The van der Waals surface area contributed by atoms with Crippen LogP contribution in [0.2, 0.25) is 0 Å². The van der Waals surface area contributed by atoms with Gasteiger partial charge in [0, 0.05) is 19.2 Å². The highest BCUT2D eigenvalue weighted by Crippen LogP contribution is 2.37. The molecule has 4 nitrogen and oxygen atoms in total. The van der Waals surface area contributed by atoms with Gasteiger partial charge >= 0.3 is 0 Å². The van der Waals surface area contributed by atoms with E-state index < -0.39 is 0 Å². The Labute approximate surface area is 105 Å². The van der Waals surface area contributed by atoms with E-state index >= 15 is 0 Å². The fourth-order valence-electron chi connectivity index (χ4n) is 2.73. The number of nitrogens with zero attached hydrogens (tertiary/aromatic N) is 2. The number of para-hydroxylation sites is 1. The van der Waals surface area contributed by atoms with Gasteiger partial charge in [-0.25, -0.2) is 0 Å². The van der Waals surface area contributed by atoms with E-state index in [0.29, 0.717) is 18.5 Å². The van der Waals surface area contributed by atoms with Gasteiger partial charge in [0.2, 0.25) is 0 Å². The molecule has 4 heteroatoms. The number of ketones is 1. The average molecular weight is 242 g/mol. The van der Waals surface area contributed by atoms with Crippen molar-refractivity contribution >= 4 is 17.4 Å². The second-order valence-corrected chi connectivity index (χ2v) is 4.64. The Balaban J connectivity index is 2.22. The lowest BCUT2D eigenvalue weighted by atomic mass is 10.1. The average Bonchev–Trinajstić information content (AvgIpc) is 2.81. The van der Waals surface area contributed by atoms with Crippen molar-refractivity contribution in [1.82, 2.24) is 4.90 Å². The number of rotatable bonds is 1. The number of carbonyl (C=O) groups is 2. The third-order valence-corrected chi connectivity index (χ3v) is 3.59. The van der Waals surface area contributed by atoms with Gasteiger partial charge in [0.1, 0.15) is 5.82 Å². The SMILES string of the molecule is CC(=O)C1=C2N(CC1)C(=O)c1ccccc1N2C. The summed E-state index contributed by atoms with van der Waals surface area (Å²) in [6, 6.07) is 7.51. The van der Waals surface area contributed by atoms with Crippen molar-refractivity contribution < 1.29 is 9.59 Å². The van der Waals surface area contributed by atoms with E-state index in [1.807, 2.05) is 36.2 Å². The Kier molecular flexibility index (Phi) is 2.26.